The van der Waals surface area contributed by atoms with E-state index in [1.165, 1.54) is 4.90 Å². The van der Waals surface area contributed by atoms with Gasteiger partial charge in [0.25, 0.3) is 0 Å². The summed E-state index contributed by atoms with van der Waals surface area (Å²) in [7, 11) is 3.26. The van der Waals surface area contributed by atoms with E-state index < -0.39 is 35.5 Å². The molecule has 0 aromatic heterocycles. The van der Waals surface area contributed by atoms with Gasteiger partial charge in [-0.05, 0) is 68.0 Å². The molecule has 2 N–H and O–H groups in total. The van der Waals surface area contributed by atoms with Crippen molar-refractivity contribution in [3.05, 3.63) is 83.9 Å². The summed E-state index contributed by atoms with van der Waals surface area (Å²) in [4.78, 5) is 44.1. The largest absolute Gasteiger partial charge is 0.497 e. The van der Waals surface area contributed by atoms with Crippen LogP contribution in [0.15, 0.2) is 72.8 Å². The Morgan fingerprint density at radius 2 is 1.61 bits per heavy atom. The summed E-state index contributed by atoms with van der Waals surface area (Å²) in [5.74, 6) is -0.688. The zero-order valence-electron chi connectivity index (χ0n) is 30.3. The lowest BCUT2D eigenvalue weighted by Crippen LogP contribution is -2.57. The van der Waals surface area contributed by atoms with Crippen LogP contribution in [0.4, 0.5) is 4.79 Å². The standard InChI is InChI=1S/C40H51N3O8/c1-40(2,3)51-39(46)42-24-34(37(35(25-42)50-26-36(41)44)30-14-9-13-29(21-30)28-11-7-6-8-12-28)38(45)43(31-15-16-31)23-27-19-32(48-5)22-33(20-27)49-18-10-17-47-4/h6-9,11-14,19-22,31,34-35,37H,10,15-18,23-26H2,1-5H3,(H2,41,44)/t34?,35-,37-/m1/s1. The number of methoxy groups -OCH3 is 2. The van der Waals surface area contributed by atoms with Gasteiger partial charge in [0.2, 0.25) is 11.8 Å². The van der Waals surface area contributed by atoms with Gasteiger partial charge in [-0.1, -0.05) is 54.6 Å². The number of amides is 3. The van der Waals surface area contributed by atoms with Gasteiger partial charge < -0.3 is 39.2 Å². The first-order chi connectivity index (χ1) is 24.5. The topological polar surface area (TPSA) is 130 Å². The van der Waals surface area contributed by atoms with Crippen molar-refractivity contribution in [3.63, 3.8) is 0 Å². The highest BCUT2D eigenvalue weighted by Gasteiger charge is 2.48. The van der Waals surface area contributed by atoms with Gasteiger partial charge >= 0.3 is 6.09 Å². The van der Waals surface area contributed by atoms with Crippen LogP contribution in [0.5, 0.6) is 11.5 Å². The van der Waals surface area contributed by atoms with Crippen molar-refractivity contribution in [2.24, 2.45) is 11.7 Å². The molecule has 1 unspecified atom stereocenters. The maximum absolute atomic E-state index is 15.1. The number of hydrogen-bond acceptors (Lipinski definition) is 8. The molecule has 0 radical (unpaired) electrons. The predicted octanol–water partition coefficient (Wildman–Crippen LogP) is 5.79. The number of nitrogens with zero attached hydrogens (tertiary/aromatic N) is 2. The normalized spacial score (nSPS) is 18.9. The molecule has 1 saturated heterocycles. The van der Waals surface area contributed by atoms with Crippen LogP contribution in [0.25, 0.3) is 11.1 Å². The van der Waals surface area contributed by atoms with Crippen LogP contribution in [-0.4, -0.2) is 92.6 Å². The van der Waals surface area contributed by atoms with Crippen molar-refractivity contribution in [2.75, 3.05) is 47.1 Å². The molecule has 1 saturated carbocycles. The summed E-state index contributed by atoms with van der Waals surface area (Å²) in [6, 6.07) is 23.8. The number of primary amides is 1. The Labute approximate surface area is 300 Å². The molecule has 3 atom stereocenters. The molecule has 5 rings (SSSR count). The molecule has 1 heterocycles. The molecule has 11 heteroatoms. The minimum absolute atomic E-state index is 0.0352. The third-order valence-electron chi connectivity index (χ3n) is 9.00. The van der Waals surface area contributed by atoms with E-state index in [0.717, 1.165) is 41.5 Å². The fourth-order valence-electron chi connectivity index (χ4n) is 6.57. The minimum Gasteiger partial charge on any atom is -0.497 e. The Hall–Kier alpha value is -4.61. The highest BCUT2D eigenvalue weighted by molar-refractivity contribution is 5.82. The highest BCUT2D eigenvalue weighted by atomic mass is 16.6. The molecule has 1 aliphatic carbocycles. The molecule has 274 valence electrons. The molecule has 2 aliphatic rings. The van der Waals surface area contributed by atoms with Crippen molar-refractivity contribution < 1.29 is 38.1 Å². The van der Waals surface area contributed by atoms with E-state index >= 15 is 4.79 Å². The summed E-state index contributed by atoms with van der Waals surface area (Å²) < 4.78 is 28.7. The lowest BCUT2D eigenvalue weighted by Gasteiger charge is -2.44. The molecular formula is C40H51N3O8. The summed E-state index contributed by atoms with van der Waals surface area (Å²) >= 11 is 0. The number of benzene rings is 3. The van der Waals surface area contributed by atoms with E-state index in [9.17, 15) is 9.59 Å². The van der Waals surface area contributed by atoms with Gasteiger partial charge in [-0.3, -0.25) is 9.59 Å². The molecular weight excluding hydrogens is 650 g/mol. The van der Waals surface area contributed by atoms with Gasteiger partial charge in [-0.15, -0.1) is 0 Å². The predicted molar refractivity (Wildman–Crippen MR) is 193 cm³/mol. The Morgan fingerprint density at radius 1 is 0.882 bits per heavy atom. The Kier molecular flexibility index (Phi) is 12.6. The zero-order chi connectivity index (χ0) is 36.5. The minimum atomic E-state index is -0.753. The van der Waals surface area contributed by atoms with Crippen LogP contribution in [0.2, 0.25) is 0 Å². The Bertz CT molecular complexity index is 1640. The van der Waals surface area contributed by atoms with Crippen LogP contribution in [0.3, 0.4) is 0 Å². The lowest BCUT2D eigenvalue weighted by atomic mass is 9.77. The maximum atomic E-state index is 15.1. The Balaban J connectivity index is 1.53. The second-order valence-corrected chi connectivity index (χ2v) is 14.2. The number of carbonyl (C=O) groups excluding carboxylic acids is 3. The van der Waals surface area contributed by atoms with Gasteiger partial charge in [-0.2, -0.15) is 0 Å². The maximum Gasteiger partial charge on any atom is 0.410 e. The molecule has 3 amide bonds. The van der Waals surface area contributed by atoms with Crippen molar-refractivity contribution >= 4 is 17.9 Å². The second kappa shape index (κ2) is 17.1. The van der Waals surface area contributed by atoms with Gasteiger partial charge in [-0.25, -0.2) is 4.79 Å². The highest BCUT2D eigenvalue weighted by Crippen LogP contribution is 2.41. The van der Waals surface area contributed by atoms with E-state index in [2.05, 4.69) is 6.07 Å². The van der Waals surface area contributed by atoms with Crippen molar-refractivity contribution in [1.82, 2.24) is 9.80 Å². The summed E-state index contributed by atoms with van der Waals surface area (Å²) in [6.45, 7) is 6.66. The Morgan fingerprint density at radius 3 is 2.27 bits per heavy atom. The molecule has 51 heavy (non-hydrogen) atoms. The third-order valence-corrected chi connectivity index (χ3v) is 9.00. The second-order valence-electron chi connectivity index (χ2n) is 14.2. The van der Waals surface area contributed by atoms with Crippen LogP contribution in [-0.2, 0) is 30.3 Å². The monoisotopic (exact) mass is 701 g/mol. The summed E-state index contributed by atoms with van der Waals surface area (Å²) in [5, 5.41) is 0. The quantitative estimate of drug-likeness (QED) is 0.197. The average molecular weight is 702 g/mol. The molecule has 3 aromatic rings. The molecule has 2 fully saturated rings. The SMILES string of the molecule is COCCCOc1cc(CN(C(=O)C2CN(C(=O)OC(C)(C)C)C[C@@H](OCC(N)=O)[C@@H]2c2cccc(-c3ccccc3)c2)C2CC2)cc(OC)c1. The molecule has 0 spiro atoms. The zero-order valence-corrected chi connectivity index (χ0v) is 30.3. The number of nitrogens with two attached hydrogens (primary N) is 1. The van der Waals surface area contributed by atoms with E-state index in [4.69, 9.17) is 29.4 Å². The first kappa shape index (κ1) is 37.6. The van der Waals surface area contributed by atoms with Crippen LogP contribution in [0, 0.1) is 5.92 Å². The fraction of sp³-hybridized carbons (Fsp3) is 0.475. The molecule has 11 nitrogen and oxygen atoms in total. The summed E-state index contributed by atoms with van der Waals surface area (Å²) in [5.41, 5.74) is 8.55. The van der Waals surface area contributed by atoms with E-state index in [1.54, 1.807) is 35.0 Å². The molecule has 3 aromatic carbocycles. The first-order valence-corrected chi connectivity index (χ1v) is 17.6. The average Bonchev–Trinajstić information content (AvgIpc) is 3.96. The first-order valence-electron chi connectivity index (χ1n) is 17.6. The van der Waals surface area contributed by atoms with Gasteiger partial charge in [0.15, 0.2) is 0 Å². The van der Waals surface area contributed by atoms with Gasteiger partial charge in [0.1, 0.15) is 23.7 Å². The van der Waals surface area contributed by atoms with Crippen LogP contribution < -0.4 is 15.2 Å². The number of rotatable bonds is 15. The fourth-order valence-corrected chi connectivity index (χ4v) is 6.57. The lowest BCUT2D eigenvalue weighted by molar-refractivity contribution is -0.144. The van der Waals surface area contributed by atoms with Crippen molar-refractivity contribution in [1.29, 1.82) is 0 Å². The number of hydrogen-bond donors (Lipinski definition) is 1. The smallest absolute Gasteiger partial charge is 0.410 e. The number of ether oxygens (including phenoxy) is 5. The number of likely N-dealkylation sites (tertiary alicyclic amines) is 1. The van der Waals surface area contributed by atoms with Crippen molar-refractivity contribution in [2.45, 2.75) is 70.2 Å². The molecule has 0 bridgehead atoms. The third kappa shape index (κ3) is 10.5. The van der Waals surface area contributed by atoms with Crippen molar-refractivity contribution in [3.8, 4) is 22.6 Å². The van der Waals surface area contributed by atoms with E-state index in [0.29, 0.717) is 31.3 Å². The van der Waals surface area contributed by atoms with E-state index in [-0.39, 0.29) is 31.6 Å². The molecule has 1 aliphatic heterocycles. The van der Waals surface area contributed by atoms with Crippen LogP contribution in [0.1, 0.15) is 57.1 Å². The summed E-state index contributed by atoms with van der Waals surface area (Å²) in [6.07, 6.45) is 1.20. The number of piperidine rings is 1. The van der Waals surface area contributed by atoms with Gasteiger partial charge in [0, 0.05) is 51.3 Å². The van der Waals surface area contributed by atoms with E-state index in [1.807, 2.05) is 71.6 Å². The number of carbonyl (C=O) groups is 3. The van der Waals surface area contributed by atoms with Crippen LogP contribution >= 0.6 is 0 Å². The van der Waals surface area contributed by atoms with Gasteiger partial charge in [0.05, 0.1) is 32.3 Å².